The first kappa shape index (κ1) is 9.47. The number of hydrogen-bond donors (Lipinski definition) is 0. The number of benzene rings is 1. The molecule has 14 heavy (non-hydrogen) atoms. The summed E-state index contributed by atoms with van der Waals surface area (Å²) in [6, 6.07) is 8.81. The van der Waals surface area contributed by atoms with Crippen LogP contribution in [0.25, 0.3) is 5.57 Å². The van der Waals surface area contributed by atoms with Crippen molar-refractivity contribution in [3.8, 4) is 0 Å². The van der Waals surface area contributed by atoms with Gasteiger partial charge in [0.15, 0.2) is 0 Å². The summed E-state index contributed by atoms with van der Waals surface area (Å²) in [6.45, 7) is 6.89. The second-order valence-electron chi connectivity index (χ2n) is 4.37. The first-order valence-electron chi connectivity index (χ1n) is 5.10. The molecule has 0 spiro atoms. The van der Waals surface area contributed by atoms with Crippen molar-refractivity contribution in [3.63, 3.8) is 0 Å². The van der Waals surface area contributed by atoms with Crippen LogP contribution in [0.5, 0.6) is 0 Å². The molecule has 0 saturated heterocycles. The van der Waals surface area contributed by atoms with Crippen molar-refractivity contribution in [2.45, 2.75) is 20.0 Å². The van der Waals surface area contributed by atoms with E-state index in [4.69, 9.17) is 0 Å². The molecule has 0 radical (unpaired) electrons. The standard InChI is InChI=1S/C13H16Si/c1-4-7-11-10-14(2,3)13-9-6-5-8-12(11)13/h4-10H,1-3H3/b7-4+. The summed E-state index contributed by atoms with van der Waals surface area (Å²) in [4.78, 5) is 0. The lowest BCUT2D eigenvalue weighted by atomic mass is 10.1. The molecular weight excluding hydrogens is 184 g/mol. The molecule has 1 heteroatoms. The van der Waals surface area contributed by atoms with Crippen molar-refractivity contribution < 1.29 is 0 Å². The van der Waals surface area contributed by atoms with Gasteiger partial charge in [0, 0.05) is 0 Å². The van der Waals surface area contributed by atoms with Crippen molar-refractivity contribution in [2.75, 3.05) is 0 Å². The summed E-state index contributed by atoms with van der Waals surface area (Å²) < 4.78 is 0. The second kappa shape index (κ2) is 3.25. The highest BCUT2D eigenvalue weighted by Crippen LogP contribution is 2.26. The van der Waals surface area contributed by atoms with Crippen LogP contribution in [0.15, 0.2) is 42.1 Å². The van der Waals surface area contributed by atoms with Gasteiger partial charge in [0.2, 0.25) is 0 Å². The van der Waals surface area contributed by atoms with Crippen LogP contribution in [0.3, 0.4) is 0 Å². The van der Waals surface area contributed by atoms with E-state index < -0.39 is 8.07 Å². The Morgan fingerprint density at radius 3 is 2.57 bits per heavy atom. The maximum Gasteiger partial charge on any atom is 0.105 e. The van der Waals surface area contributed by atoms with E-state index in [0.29, 0.717) is 0 Å². The summed E-state index contributed by atoms with van der Waals surface area (Å²) in [5.74, 6) is 0. The summed E-state index contributed by atoms with van der Waals surface area (Å²) in [6.07, 6.45) is 4.35. The Balaban J connectivity index is 2.60. The zero-order valence-corrected chi connectivity index (χ0v) is 10.0. The van der Waals surface area contributed by atoms with E-state index >= 15 is 0 Å². The third-order valence-corrected chi connectivity index (χ3v) is 5.65. The van der Waals surface area contributed by atoms with E-state index in [-0.39, 0.29) is 0 Å². The molecule has 72 valence electrons. The van der Waals surface area contributed by atoms with Crippen LogP contribution in [0.4, 0.5) is 0 Å². The van der Waals surface area contributed by atoms with E-state index in [9.17, 15) is 0 Å². The van der Waals surface area contributed by atoms with Gasteiger partial charge in [0.1, 0.15) is 8.07 Å². The van der Waals surface area contributed by atoms with Gasteiger partial charge in [0.25, 0.3) is 0 Å². The molecule has 0 aromatic heterocycles. The number of fused-ring (bicyclic) bond motifs is 1. The largest absolute Gasteiger partial charge is 0.105 e. The average Bonchev–Trinajstić information content (AvgIpc) is 2.41. The first-order chi connectivity index (χ1) is 6.65. The first-order valence-corrected chi connectivity index (χ1v) is 8.18. The highest BCUT2D eigenvalue weighted by molar-refractivity contribution is 6.96. The Morgan fingerprint density at radius 1 is 1.14 bits per heavy atom. The fourth-order valence-corrected chi connectivity index (χ4v) is 4.79. The minimum absolute atomic E-state index is 1.27. The van der Waals surface area contributed by atoms with E-state index in [2.05, 4.69) is 62.1 Å². The van der Waals surface area contributed by atoms with Crippen molar-refractivity contribution in [2.24, 2.45) is 0 Å². The van der Waals surface area contributed by atoms with Gasteiger partial charge < -0.3 is 0 Å². The summed E-state index contributed by atoms with van der Waals surface area (Å²) in [5.41, 5.74) is 5.35. The van der Waals surface area contributed by atoms with Gasteiger partial charge in [-0.05, 0) is 23.2 Å². The van der Waals surface area contributed by atoms with E-state index in [0.717, 1.165) is 0 Å². The van der Waals surface area contributed by atoms with Gasteiger partial charge in [-0.2, -0.15) is 0 Å². The molecule has 0 saturated carbocycles. The van der Waals surface area contributed by atoms with Crippen molar-refractivity contribution >= 4 is 18.8 Å². The normalized spacial score (nSPS) is 18.4. The van der Waals surface area contributed by atoms with E-state index in [1.165, 1.54) is 11.1 Å². The lowest BCUT2D eigenvalue weighted by molar-refractivity contribution is 1.66. The van der Waals surface area contributed by atoms with Gasteiger partial charge in [-0.25, -0.2) is 0 Å². The molecule has 1 aliphatic heterocycles. The topological polar surface area (TPSA) is 0 Å². The van der Waals surface area contributed by atoms with Crippen LogP contribution in [-0.2, 0) is 0 Å². The van der Waals surface area contributed by atoms with Crippen molar-refractivity contribution in [3.05, 3.63) is 47.7 Å². The fourth-order valence-electron chi connectivity index (χ4n) is 2.16. The molecule has 0 amide bonds. The Hall–Kier alpha value is -1.08. The predicted octanol–water partition coefficient (Wildman–Crippen LogP) is 3.11. The highest BCUT2D eigenvalue weighted by Gasteiger charge is 2.29. The molecule has 1 heterocycles. The fraction of sp³-hybridized carbons (Fsp3) is 0.231. The lowest BCUT2D eigenvalue weighted by Gasteiger charge is -2.13. The van der Waals surface area contributed by atoms with Crippen molar-refractivity contribution in [1.82, 2.24) is 0 Å². The molecule has 0 bridgehead atoms. The molecule has 0 unspecified atom stereocenters. The predicted molar refractivity (Wildman–Crippen MR) is 66.3 cm³/mol. The third kappa shape index (κ3) is 1.38. The van der Waals surface area contributed by atoms with Crippen LogP contribution in [0, 0.1) is 0 Å². The Labute approximate surface area is 87.0 Å². The molecule has 0 nitrogen and oxygen atoms in total. The average molecular weight is 200 g/mol. The van der Waals surface area contributed by atoms with Crippen LogP contribution in [0.1, 0.15) is 12.5 Å². The minimum atomic E-state index is -1.27. The van der Waals surface area contributed by atoms with Gasteiger partial charge in [-0.15, -0.1) is 0 Å². The summed E-state index contributed by atoms with van der Waals surface area (Å²) in [5, 5.41) is 1.58. The van der Waals surface area contributed by atoms with E-state index in [1.807, 2.05) is 0 Å². The number of allylic oxidation sites excluding steroid dienone is 3. The molecule has 2 rings (SSSR count). The maximum atomic E-state index is 2.48. The zero-order valence-electron chi connectivity index (χ0n) is 9.04. The Kier molecular flexibility index (Phi) is 2.20. The van der Waals surface area contributed by atoms with Crippen LogP contribution < -0.4 is 5.19 Å². The van der Waals surface area contributed by atoms with Gasteiger partial charge in [0.05, 0.1) is 0 Å². The maximum absolute atomic E-state index is 2.48. The summed E-state index contributed by atoms with van der Waals surface area (Å²) >= 11 is 0. The zero-order chi connectivity index (χ0) is 10.2. The minimum Gasteiger partial charge on any atom is -0.0871 e. The number of rotatable bonds is 1. The number of hydrogen-bond acceptors (Lipinski definition) is 0. The molecular formula is C13H16Si. The molecule has 1 aliphatic rings. The van der Waals surface area contributed by atoms with Crippen molar-refractivity contribution in [1.29, 1.82) is 0 Å². The van der Waals surface area contributed by atoms with Gasteiger partial charge in [-0.1, -0.05) is 55.2 Å². The smallest absolute Gasteiger partial charge is 0.0871 e. The van der Waals surface area contributed by atoms with Crippen LogP contribution in [0.2, 0.25) is 13.1 Å². The van der Waals surface area contributed by atoms with Crippen LogP contribution >= 0.6 is 0 Å². The van der Waals surface area contributed by atoms with E-state index in [1.54, 1.807) is 5.19 Å². The lowest BCUT2D eigenvalue weighted by Crippen LogP contribution is -2.37. The van der Waals surface area contributed by atoms with Crippen LogP contribution in [-0.4, -0.2) is 8.07 Å². The van der Waals surface area contributed by atoms with Gasteiger partial charge >= 0.3 is 0 Å². The molecule has 1 aromatic carbocycles. The monoisotopic (exact) mass is 200 g/mol. The summed E-state index contributed by atoms with van der Waals surface area (Å²) in [7, 11) is -1.27. The highest BCUT2D eigenvalue weighted by atomic mass is 28.3. The SMILES string of the molecule is C/C=C/C1=C[Si](C)(C)c2ccccc21. The quantitative estimate of drug-likeness (QED) is 0.611. The molecule has 0 fully saturated rings. The Morgan fingerprint density at radius 2 is 1.86 bits per heavy atom. The third-order valence-electron chi connectivity index (χ3n) is 2.79. The molecule has 1 aromatic rings. The Bertz CT molecular complexity index is 411. The molecule has 0 atom stereocenters. The molecule has 0 N–H and O–H groups in total. The van der Waals surface area contributed by atoms with Gasteiger partial charge in [-0.3, -0.25) is 0 Å². The molecule has 0 aliphatic carbocycles. The second-order valence-corrected chi connectivity index (χ2v) is 8.64.